The first-order valence-electron chi connectivity index (χ1n) is 18.8. The predicted molar refractivity (Wildman–Crippen MR) is 229 cm³/mol. The Morgan fingerprint density at radius 1 is 0.286 bits per heavy atom. The Balaban J connectivity index is 1.09. The molecular weight excluding hydrogens is 687 g/mol. The molecule has 0 saturated heterocycles. The highest BCUT2D eigenvalue weighted by molar-refractivity contribution is 6.19. The third-order valence-corrected chi connectivity index (χ3v) is 11.1. The number of nitrogens with zero attached hydrogens (tertiary/aromatic N) is 3. The summed E-state index contributed by atoms with van der Waals surface area (Å²) in [5.41, 5.74) is 8.41. The van der Waals surface area contributed by atoms with Crippen LogP contribution >= 0.6 is 0 Å². The fourth-order valence-corrected chi connectivity index (χ4v) is 8.53. The van der Waals surface area contributed by atoms with E-state index in [0.717, 1.165) is 98.6 Å². The normalized spacial score (nSPS) is 11.9. The molecule has 56 heavy (non-hydrogen) atoms. The Labute approximate surface area is 320 Å². The van der Waals surface area contributed by atoms with Crippen LogP contribution in [0.2, 0.25) is 0 Å². The Morgan fingerprint density at radius 2 is 0.857 bits per heavy atom. The van der Waals surface area contributed by atoms with E-state index >= 15 is 0 Å². The Morgan fingerprint density at radius 3 is 1.66 bits per heavy atom. The predicted octanol–water partition coefficient (Wildman–Crippen LogP) is 13.8. The van der Waals surface area contributed by atoms with Crippen molar-refractivity contribution in [3.8, 4) is 45.3 Å². The lowest BCUT2D eigenvalue weighted by Crippen LogP contribution is -2.01. The largest absolute Gasteiger partial charge is 0.456 e. The second-order valence-electron chi connectivity index (χ2n) is 14.3. The number of para-hydroxylation sites is 2. The average Bonchev–Trinajstić information content (AvgIpc) is 3.85. The maximum Gasteiger partial charge on any atom is 0.164 e. The number of rotatable bonds is 4. The van der Waals surface area contributed by atoms with E-state index in [9.17, 15) is 0 Å². The molecule has 0 unspecified atom stereocenters. The summed E-state index contributed by atoms with van der Waals surface area (Å²) >= 11 is 0. The Kier molecular flexibility index (Phi) is 6.56. The molecule has 0 saturated carbocycles. The van der Waals surface area contributed by atoms with Crippen LogP contribution in [0.25, 0.3) is 121 Å². The molecule has 0 N–H and O–H groups in total. The summed E-state index contributed by atoms with van der Waals surface area (Å²) in [5.74, 6) is 1.83. The second-order valence-corrected chi connectivity index (χ2v) is 14.3. The molecule has 0 fully saturated rings. The zero-order valence-electron chi connectivity index (χ0n) is 29.9. The number of fused-ring (bicyclic) bond motifs is 11. The molecule has 0 amide bonds. The van der Waals surface area contributed by atoms with E-state index < -0.39 is 0 Å². The van der Waals surface area contributed by atoms with Gasteiger partial charge in [0.15, 0.2) is 17.5 Å². The van der Waals surface area contributed by atoms with Crippen LogP contribution in [0.15, 0.2) is 185 Å². The van der Waals surface area contributed by atoms with Crippen LogP contribution in [-0.4, -0.2) is 15.0 Å². The molecule has 9 aromatic carbocycles. The molecule has 12 rings (SSSR count). The molecule has 3 heterocycles. The summed E-state index contributed by atoms with van der Waals surface area (Å²) in [6, 6.07) is 61.0. The molecule has 5 nitrogen and oxygen atoms in total. The second kappa shape index (κ2) is 11.9. The van der Waals surface area contributed by atoms with Crippen molar-refractivity contribution in [1.29, 1.82) is 0 Å². The first-order chi connectivity index (χ1) is 27.7. The fraction of sp³-hybridized carbons (Fsp3) is 0. The zero-order chi connectivity index (χ0) is 36.7. The van der Waals surface area contributed by atoms with Crippen molar-refractivity contribution in [2.45, 2.75) is 0 Å². The summed E-state index contributed by atoms with van der Waals surface area (Å²) in [4.78, 5) is 15.8. The molecule has 12 aromatic rings. The molecule has 0 spiro atoms. The minimum atomic E-state index is 0.602. The minimum absolute atomic E-state index is 0.602. The van der Waals surface area contributed by atoms with Crippen molar-refractivity contribution in [2.75, 3.05) is 0 Å². The summed E-state index contributed by atoms with van der Waals surface area (Å²) in [6.45, 7) is 0. The topological polar surface area (TPSA) is 65.0 Å². The molecule has 3 aromatic heterocycles. The molecule has 0 radical (unpaired) electrons. The molecule has 0 aliphatic heterocycles. The van der Waals surface area contributed by atoms with Gasteiger partial charge < -0.3 is 8.83 Å². The summed E-state index contributed by atoms with van der Waals surface area (Å²) in [7, 11) is 0. The van der Waals surface area contributed by atoms with Crippen LogP contribution in [0.4, 0.5) is 0 Å². The summed E-state index contributed by atoms with van der Waals surface area (Å²) in [5, 5.41) is 11.2. The lowest BCUT2D eigenvalue weighted by Gasteiger charge is -2.13. The number of hydrogen-bond acceptors (Lipinski definition) is 5. The first-order valence-corrected chi connectivity index (χ1v) is 18.8. The van der Waals surface area contributed by atoms with Gasteiger partial charge in [-0.25, -0.2) is 15.0 Å². The molecule has 0 aliphatic carbocycles. The van der Waals surface area contributed by atoms with Gasteiger partial charge in [-0.2, -0.15) is 0 Å². The Bertz CT molecular complexity index is 3560. The van der Waals surface area contributed by atoms with Gasteiger partial charge in [-0.15, -0.1) is 0 Å². The highest BCUT2D eigenvalue weighted by Crippen LogP contribution is 2.40. The number of aromatic nitrogens is 3. The maximum absolute atomic E-state index is 6.26. The monoisotopic (exact) mass is 715 g/mol. The quantitative estimate of drug-likeness (QED) is 0.170. The van der Waals surface area contributed by atoms with E-state index in [0.29, 0.717) is 17.5 Å². The van der Waals surface area contributed by atoms with E-state index in [-0.39, 0.29) is 0 Å². The van der Waals surface area contributed by atoms with Gasteiger partial charge >= 0.3 is 0 Å². The fourth-order valence-electron chi connectivity index (χ4n) is 8.53. The maximum atomic E-state index is 6.26. The van der Waals surface area contributed by atoms with Crippen molar-refractivity contribution in [2.24, 2.45) is 0 Å². The smallest absolute Gasteiger partial charge is 0.164 e. The van der Waals surface area contributed by atoms with Gasteiger partial charge in [0.2, 0.25) is 0 Å². The van der Waals surface area contributed by atoms with Crippen molar-refractivity contribution in [3.63, 3.8) is 0 Å². The Hall–Kier alpha value is -7.63. The van der Waals surface area contributed by atoms with E-state index in [1.165, 1.54) is 5.39 Å². The average molecular weight is 716 g/mol. The molecule has 0 bridgehead atoms. The van der Waals surface area contributed by atoms with E-state index in [1.807, 2.05) is 30.3 Å². The molecule has 0 aliphatic rings. The van der Waals surface area contributed by atoms with Crippen molar-refractivity contribution < 1.29 is 8.83 Å². The third kappa shape index (κ3) is 4.71. The SMILES string of the molecule is c1cc(-c2nc(-c3ccc4c(ccc5oc6ccccc6c54)c3)nc(-c3cc4ccccc4c4ccccc34)n2)cc(-c2cccc3oc4ccccc4c23)c1. The lowest BCUT2D eigenvalue weighted by atomic mass is 9.96. The number of hydrogen-bond donors (Lipinski definition) is 0. The van der Waals surface area contributed by atoms with E-state index in [4.69, 9.17) is 23.8 Å². The first kappa shape index (κ1) is 30.8. The van der Waals surface area contributed by atoms with Crippen LogP contribution < -0.4 is 0 Å². The highest BCUT2D eigenvalue weighted by Gasteiger charge is 2.19. The number of benzene rings is 9. The van der Waals surface area contributed by atoms with Crippen LogP contribution in [0.1, 0.15) is 0 Å². The van der Waals surface area contributed by atoms with Gasteiger partial charge in [0, 0.05) is 38.2 Å². The van der Waals surface area contributed by atoms with Crippen LogP contribution in [0.3, 0.4) is 0 Å². The van der Waals surface area contributed by atoms with Crippen LogP contribution in [-0.2, 0) is 0 Å². The molecule has 0 atom stereocenters. The number of furan rings is 2. The van der Waals surface area contributed by atoms with Crippen LogP contribution in [0.5, 0.6) is 0 Å². The standard InChI is InChI=1S/C51H29N3O2/c1-2-14-35-31(11-1)29-42(39-16-4-3-15-38(35)39)51-53-49(33-13-9-12-30(27-33)36-19-10-22-45-47(36)40-17-5-7-20-43(40)55-45)52-50(54-51)34-23-25-37-32(28-34)24-26-46-48(37)41-18-6-8-21-44(41)56-46/h1-29H. The van der Waals surface area contributed by atoms with Crippen molar-refractivity contribution in [3.05, 3.63) is 176 Å². The van der Waals surface area contributed by atoms with Gasteiger partial charge in [0.05, 0.1) is 0 Å². The molecule has 260 valence electrons. The van der Waals surface area contributed by atoms with Gasteiger partial charge in [-0.1, -0.05) is 133 Å². The van der Waals surface area contributed by atoms with Crippen molar-refractivity contribution in [1.82, 2.24) is 15.0 Å². The van der Waals surface area contributed by atoms with Crippen molar-refractivity contribution >= 4 is 76.2 Å². The third-order valence-electron chi connectivity index (χ3n) is 11.1. The molecular formula is C51H29N3O2. The summed E-state index contributed by atoms with van der Waals surface area (Å²) in [6.07, 6.45) is 0. The lowest BCUT2D eigenvalue weighted by molar-refractivity contribution is 0.668. The van der Waals surface area contributed by atoms with E-state index in [2.05, 4.69) is 146 Å². The minimum Gasteiger partial charge on any atom is -0.456 e. The van der Waals surface area contributed by atoms with E-state index in [1.54, 1.807) is 0 Å². The summed E-state index contributed by atoms with van der Waals surface area (Å²) < 4.78 is 12.5. The zero-order valence-corrected chi connectivity index (χ0v) is 29.9. The van der Waals surface area contributed by atoms with Gasteiger partial charge in [0.25, 0.3) is 0 Å². The molecule has 5 heteroatoms. The van der Waals surface area contributed by atoms with Crippen LogP contribution in [0, 0.1) is 0 Å². The van der Waals surface area contributed by atoms with Gasteiger partial charge in [-0.3, -0.25) is 0 Å². The van der Waals surface area contributed by atoms with Gasteiger partial charge in [-0.05, 0) is 85.9 Å². The highest BCUT2D eigenvalue weighted by atomic mass is 16.3. The van der Waals surface area contributed by atoms with Gasteiger partial charge in [0.1, 0.15) is 22.3 Å².